The average Bonchev–Trinajstić information content (AvgIpc) is 3.47. The lowest BCUT2D eigenvalue weighted by Gasteiger charge is -2.32. The smallest absolute Gasteiger partial charge is 0.266 e. The quantitative estimate of drug-likeness (QED) is 0.330. The van der Waals surface area contributed by atoms with E-state index in [1.807, 2.05) is 10.9 Å². The zero-order valence-corrected chi connectivity index (χ0v) is 22.1. The normalized spacial score (nSPS) is 20.4. The fourth-order valence-electron chi connectivity index (χ4n) is 5.71. The molecule has 3 aliphatic rings. The number of aromatic nitrogens is 2. The number of nitrogens with two attached hydrogens (primary N) is 1. The number of anilines is 1. The van der Waals surface area contributed by atoms with E-state index in [0.717, 1.165) is 68.7 Å². The van der Waals surface area contributed by atoms with Gasteiger partial charge in [0.05, 0.1) is 35.7 Å². The number of nitrogens with zero attached hydrogens (tertiary/aromatic N) is 4. The molecule has 11 heteroatoms. The molecule has 3 aliphatic heterocycles. The number of likely N-dealkylation sites (tertiary alicyclic amines) is 1. The Morgan fingerprint density at radius 2 is 1.74 bits per heavy atom. The van der Waals surface area contributed by atoms with Gasteiger partial charge in [-0.15, -0.1) is 0 Å². The van der Waals surface area contributed by atoms with E-state index in [-0.39, 0.29) is 24.0 Å². The van der Waals surface area contributed by atoms with Gasteiger partial charge in [0.1, 0.15) is 11.8 Å². The number of unbranched alkanes of at least 4 members (excludes halogenated alkanes) is 4. The molecule has 4 heterocycles. The Labute approximate surface area is 227 Å². The second-order valence-corrected chi connectivity index (χ2v) is 10.6. The van der Waals surface area contributed by atoms with Crippen molar-refractivity contribution in [1.82, 2.24) is 24.9 Å². The molecular weight excluding hydrogens is 500 g/mol. The molecule has 4 amide bonds. The van der Waals surface area contributed by atoms with Crippen LogP contribution in [0.4, 0.5) is 5.69 Å². The maximum atomic E-state index is 13.1. The number of imide groups is 2. The van der Waals surface area contributed by atoms with E-state index in [9.17, 15) is 19.2 Å². The number of rotatable bonds is 11. The van der Waals surface area contributed by atoms with Crippen LogP contribution in [-0.4, -0.2) is 75.5 Å². The Balaban J connectivity index is 1.00. The van der Waals surface area contributed by atoms with E-state index in [2.05, 4.69) is 15.3 Å². The molecule has 39 heavy (non-hydrogen) atoms. The molecule has 0 bridgehead atoms. The molecule has 0 aliphatic carbocycles. The molecule has 0 spiro atoms. The highest BCUT2D eigenvalue weighted by molar-refractivity contribution is 6.24. The highest BCUT2D eigenvalue weighted by atomic mass is 16.5. The van der Waals surface area contributed by atoms with Gasteiger partial charge in [0, 0.05) is 25.7 Å². The SMILES string of the molecule is Nc1cnn(C2CCN(CCCCCCCOc3cccc4c3C(=O)N(C3CCC(=O)NC3=O)C4=O)CC2)c1. The molecule has 2 saturated heterocycles. The number of hydrogen-bond acceptors (Lipinski definition) is 8. The van der Waals surface area contributed by atoms with E-state index in [0.29, 0.717) is 18.4 Å². The number of amides is 4. The van der Waals surface area contributed by atoms with Gasteiger partial charge in [0.15, 0.2) is 0 Å². The maximum Gasteiger partial charge on any atom is 0.266 e. The van der Waals surface area contributed by atoms with Crippen LogP contribution in [0.1, 0.15) is 84.5 Å². The average molecular weight is 537 g/mol. The molecule has 208 valence electrons. The summed E-state index contributed by atoms with van der Waals surface area (Å²) in [6, 6.07) is 4.40. The molecule has 1 aromatic heterocycles. The molecule has 5 rings (SSSR count). The van der Waals surface area contributed by atoms with Gasteiger partial charge < -0.3 is 15.4 Å². The Kier molecular flexibility index (Phi) is 8.25. The summed E-state index contributed by atoms with van der Waals surface area (Å²) in [7, 11) is 0. The lowest BCUT2D eigenvalue weighted by molar-refractivity contribution is -0.136. The number of nitrogens with one attached hydrogen (secondary N) is 1. The lowest BCUT2D eigenvalue weighted by atomic mass is 10.0. The standard InChI is InChI=1S/C28H36N6O5/c29-19-17-30-33(18-19)20-11-14-32(15-12-20)13-4-2-1-3-5-16-39-23-8-6-7-21-25(23)28(38)34(27(21)37)22-9-10-24(35)31-26(22)36/h6-8,17-18,20,22H,1-5,9-16,29H2,(H,31,35,36). The van der Waals surface area contributed by atoms with Crippen LogP contribution in [0.3, 0.4) is 0 Å². The number of hydrogen-bond donors (Lipinski definition) is 2. The third-order valence-corrected chi connectivity index (χ3v) is 7.86. The predicted octanol–water partition coefficient (Wildman–Crippen LogP) is 2.53. The van der Waals surface area contributed by atoms with Gasteiger partial charge >= 0.3 is 0 Å². The molecule has 1 aromatic carbocycles. The van der Waals surface area contributed by atoms with Crippen LogP contribution in [0.25, 0.3) is 0 Å². The minimum Gasteiger partial charge on any atom is -0.493 e. The van der Waals surface area contributed by atoms with Gasteiger partial charge in [0.2, 0.25) is 11.8 Å². The first-order chi connectivity index (χ1) is 18.9. The Bertz CT molecular complexity index is 1230. The van der Waals surface area contributed by atoms with Gasteiger partial charge in [-0.1, -0.05) is 25.3 Å². The molecule has 3 N–H and O–H groups in total. The van der Waals surface area contributed by atoms with Crippen molar-refractivity contribution in [3.05, 3.63) is 41.7 Å². The van der Waals surface area contributed by atoms with Crippen molar-refractivity contribution in [2.24, 2.45) is 0 Å². The number of ether oxygens (including phenoxy) is 1. The molecular formula is C28H36N6O5. The molecule has 2 aromatic rings. The van der Waals surface area contributed by atoms with E-state index >= 15 is 0 Å². The van der Waals surface area contributed by atoms with Crippen LogP contribution in [0, 0.1) is 0 Å². The van der Waals surface area contributed by atoms with E-state index < -0.39 is 29.7 Å². The van der Waals surface area contributed by atoms with Gasteiger partial charge in [-0.2, -0.15) is 5.10 Å². The van der Waals surface area contributed by atoms with Crippen LogP contribution in [0.15, 0.2) is 30.6 Å². The van der Waals surface area contributed by atoms with Crippen molar-refractivity contribution >= 4 is 29.3 Å². The number of benzene rings is 1. The number of carbonyl (C=O) groups excluding carboxylic acids is 4. The zero-order valence-electron chi connectivity index (χ0n) is 22.1. The van der Waals surface area contributed by atoms with Crippen molar-refractivity contribution in [1.29, 1.82) is 0 Å². The van der Waals surface area contributed by atoms with Crippen LogP contribution in [0.5, 0.6) is 5.75 Å². The molecule has 1 unspecified atom stereocenters. The number of carbonyl (C=O) groups is 4. The minimum atomic E-state index is -0.981. The first-order valence-corrected chi connectivity index (χ1v) is 13.9. The molecule has 0 saturated carbocycles. The van der Waals surface area contributed by atoms with E-state index in [4.69, 9.17) is 10.5 Å². The lowest BCUT2D eigenvalue weighted by Crippen LogP contribution is -2.54. The van der Waals surface area contributed by atoms with Gasteiger partial charge in [-0.05, 0) is 50.8 Å². The van der Waals surface area contributed by atoms with Crippen molar-refractivity contribution in [3.8, 4) is 5.75 Å². The highest BCUT2D eigenvalue weighted by Gasteiger charge is 2.46. The summed E-state index contributed by atoms with van der Waals surface area (Å²) in [6.07, 6.45) is 11.4. The summed E-state index contributed by atoms with van der Waals surface area (Å²) in [5.41, 5.74) is 6.94. The Morgan fingerprint density at radius 1 is 0.974 bits per heavy atom. The van der Waals surface area contributed by atoms with Crippen LogP contribution in [0.2, 0.25) is 0 Å². The molecule has 2 fully saturated rings. The summed E-state index contributed by atoms with van der Waals surface area (Å²) in [4.78, 5) is 53.3. The van der Waals surface area contributed by atoms with Crippen LogP contribution >= 0.6 is 0 Å². The van der Waals surface area contributed by atoms with Crippen LogP contribution < -0.4 is 15.8 Å². The van der Waals surface area contributed by atoms with Crippen molar-refractivity contribution < 1.29 is 23.9 Å². The first-order valence-electron chi connectivity index (χ1n) is 13.9. The van der Waals surface area contributed by atoms with Crippen LogP contribution in [-0.2, 0) is 9.59 Å². The monoisotopic (exact) mass is 536 g/mol. The topological polar surface area (TPSA) is 140 Å². The number of fused-ring (bicyclic) bond motifs is 1. The molecule has 1 atom stereocenters. The number of piperidine rings is 2. The highest BCUT2D eigenvalue weighted by Crippen LogP contribution is 2.33. The number of nitrogen functional groups attached to an aromatic ring is 1. The van der Waals surface area contributed by atoms with E-state index in [1.165, 1.54) is 6.42 Å². The maximum absolute atomic E-state index is 13.1. The van der Waals surface area contributed by atoms with E-state index in [1.54, 1.807) is 24.4 Å². The summed E-state index contributed by atoms with van der Waals surface area (Å²) >= 11 is 0. The van der Waals surface area contributed by atoms with Gasteiger partial charge in [0.25, 0.3) is 11.8 Å². The summed E-state index contributed by atoms with van der Waals surface area (Å²) in [5, 5.41) is 6.56. The van der Waals surface area contributed by atoms with Crippen molar-refractivity contribution in [2.75, 3.05) is 32.0 Å². The molecule has 0 radical (unpaired) electrons. The largest absolute Gasteiger partial charge is 0.493 e. The van der Waals surface area contributed by atoms with Crippen molar-refractivity contribution in [2.45, 2.75) is 69.9 Å². The molecule has 11 nitrogen and oxygen atoms in total. The Morgan fingerprint density at radius 3 is 2.49 bits per heavy atom. The third-order valence-electron chi connectivity index (χ3n) is 7.86. The second kappa shape index (κ2) is 12.0. The predicted molar refractivity (Wildman–Crippen MR) is 143 cm³/mol. The Hall–Kier alpha value is -3.73. The summed E-state index contributed by atoms with van der Waals surface area (Å²) in [6.45, 7) is 3.73. The summed E-state index contributed by atoms with van der Waals surface area (Å²) < 4.78 is 7.92. The van der Waals surface area contributed by atoms with Crippen molar-refractivity contribution in [3.63, 3.8) is 0 Å². The third kappa shape index (κ3) is 5.98. The zero-order chi connectivity index (χ0) is 27.4. The van der Waals surface area contributed by atoms with Gasteiger partial charge in [-0.3, -0.25) is 34.1 Å². The minimum absolute atomic E-state index is 0.0910. The second-order valence-electron chi connectivity index (χ2n) is 10.6. The fraction of sp³-hybridized carbons (Fsp3) is 0.536. The fourth-order valence-corrected chi connectivity index (χ4v) is 5.71. The first kappa shape index (κ1) is 26.9. The summed E-state index contributed by atoms with van der Waals surface area (Å²) in [5.74, 6) is -1.72. The van der Waals surface area contributed by atoms with Gasteiger partial charge in [-0.25, -0.2) is 0 Å².